The maximum absolute atomic E-state index is 5.46. The molecule has 1 aliphatic carbocycles. The molecule has 14 heavy (non-hydrogen) atoms. The summed E-state index contributed by atoms with van der Waals surface area (Å²) >= 11 is 10.9. The van der Waals surface area contributed by atoms with E-state index in [2.05, 4.69) is 9.02 Å². The molecule has 70 valence electrons. The molecule has 2 nitrogen and oxygen atoms in total. The van der Waals surface area contributed by atoms with Crippen molar-refractivity contribution in [1.29, 1.82) is 0 Å². The molecular formula is C10H6Cl2N2. The van der Waals surface area contributed by atoms with Crippen molar-refractivity contribution >= 4 is 35.0 Å². The first-order valence-electron chi connectivity index (χ1n) is 4.02. The molecule has 4 heteroatoms. The molecular weight excluding hydrogens is 219 g/mol. The van der Waals surface area contributed by atoms with Gasteiger partial charge in [-0.1, -0.05) is 24.3 Å². The van der Waals surface area contributed by atoms with Crippen LogP contribution < -0.4 is 0 Å². The first-order chi connectivity index (χ1) is 6.86. The van der Waals surface area contributed by atoms with Gasteiger partial charge in [0.1, 0.15) is 0 Å². The first kappa shape index (κ1) is 9.44. The molecule has 0 N–H and O–H groups in total. The van der Waals surface area contributed by atoms with Crippen LogP contribution in [-0.4, -0.2) is 11.4 Å². The molecule has 0 saturated heterocycles. The Hall–Kier alpha value is -1.12. The van der Waals surface area contributed by atoms with Crippen molar-refractivity contribution in [2.45, 2.75) is 0 Å². The van der Waals surface area contributed by atoms with Gasteiger partial charge in [-0.3, -0.25) is 0 Å². The molecule has 0 amide bonds. The Morgan fingerprint density at radius 3 is 1.57 bits per heavy atom. The first-order valence-corrected chi connectivity index (χ1v) is 4.70. The van der Waals surface area contributed by atoms with Crippen LogP contribution in [0.5, 0.6) is 0 Å². The second-order valence-electron chi connectivity index (χ2n) is 2.82. The summed E-state index contributed by atoms with van der Waals surface area (Å²) in [7, 11) is 0. The molecule has 0 radical (unpaired) electrons. The normalized spacial score (nSPS) is 20.1. The summed E-state index contributed by atoms with van der Waals surface area (Å²) < 4.78 is 7.32. The van der Waals surface area contributed by atoms with Crippen LogP contribution in [0.25, 0.3) is 0 Å². The van der Waals surface area contributed by atoms with Crippen LogP contribution in [0.3, 0.4) is 0 Å². The summed E-state index contributed by atoms with van der Waals surface area (Å²) in [6, 6.07) is 7.71. The Morgan fingerprint density at radius 2 is 1.21 bits per heavy atom. The lowest BCUT2D eigenvalue weighted by Gasteiger charge is -2.12. The highest BCUT2D eigenvalue weighted by molar-refractivity contribution is 6.34. The number of fused-ring (bicyclic) bond motifs is 1. The highest BCUT2D eigenvalue weighted by Crippen LogP contribution is 2.18. The van der Waals surface area contributed by atoms with E-state index in [0.717, 1.165) is 22.6 Å². The van der Waals surface area contributed by atoms with Crippen molar-refractivity contribution in [3.63, 3.8) is 0 Å². The van der Waals surface area contributed by atoms with Crippen molar-refractivity contribution in [3.8, 4) is 0 Å². The molecule has 0 spiro atoms. The fourth-order valence-electron chi connectivity index (χ4n) is 1.41. The SMILES string of the molecule is ClN=C1C=CC(=NCl)c2ccccc21. The average molecular weight is 225 g/mol. The van der Waals surface area contributed by atoms with E-state index < -0.39 is 0 Å². The molecule has 2 rings (SSSR count). The summed E-state index contributed by atoms with van der Waals surface area (Å²) in [6.45, 7) is 0. The number of hydrogen-bond donors (Lipinski definition) is 0. The smallest absolute Gasteiger partial charge is 0.0856 e. The molecule has 1 aromatic carbocycles. The van der Waals surface area contributed by atoms with Gasteiger partial charge in [0.15, 0.2) is 0 Å². The molecule has 0 heterocycles. The zero-order chi connectivity index (χ0) is 9.97. The topological polar surface area (TPSA) is 24.7 Å². The number of allylic oxidation sites excluding steroid dienone is 2. The molecule has 0 atom stereocenters. The van der Waals surface area contributed by atoms with Gasteiger partial charge in [0.05, 0.1) is 11.4 Å². The van der Waals surface area contributed by atoms with Gasteiger partial charge in [0, 0.05) is 34.7 Å². The van der Waals surface area contributed by atoms with E-state index in [1.54, 1.807) is 12.2 Å². The van der Waals surface area contributed by atoms with E-state index in [1.165, 1.54) is 0 Å². The third-order valence-corrected chi connectivity index (χ3v) is 2.42. The Bertz CT molecular complexity index is 406. The van der Waals surface area contributed by atoms with Gasteiger partial charge in [0.25, 0.3) is 0 Å². The maximum Gasteiger partial charge on any atom is 0.0856 e. The van der Waals surface area contributed by atoms with Gasteiger partial charge in [-0.2, -0.15) is 9.02 Å². The molecule has 0 aromatic heterocycles. The van der Waals surface area contributed by atoms with Gasteiger partial charge < -0.3 is 0 Å². The third kappa shape index (κ3) is 1.47. The van der Waals surface area contributed by atoms with Crippen molar-refractivity contribution < 1.29 is 0 Å². The van der Waals surface area contributed by atoms with E-state index in [-0.39, 0.29) is 0 Å². The van der Waals surface area contributed by atoms with Gasteiger partial charge in [-0.15, -0.1) is 0 Å². The minimum atomic E-state index is 0.728. The Morgan fingerprint density at radius 1 is 0.786 bits per heavy atom. The summed E-state index contributed by atoms with van der Waals surface area (Å²) in [4.78, 5) is 0. The second kappa shape index (κ2) is 3.95. The van der Waals surface area contributed by atoms with Crippen LogP contribution in [0.2, 0.25) is 0 Å². The highest BCUT2D eigenvalue weighted by atomic mass is 35.5. The standard InChI is InChI=1S/C10H6Cl2N2/c11-13-9-5-6-10(14-12)8-4-2-1-3-7(8)9/h1-6H. The van der Waals surface area contributed by atoms with E-state index in [0.29, 0.717) is 0 Å². The minimum Gasteiger partial charge on any atom is -0.177 e. The minimum absolute atomic E-state index is 0.728. The molecule has 0 unspecified atom stereocenters. The fraction of sp³-hybridized carbons (Fsp3) is 0. The number of rotatable bonds is 0. The lowest BCUT2D eigenvalue weighted by atomic mass is 9.94. The molecule has 1 aromatic rings. The molecule has 0 fully saturated rings. The predicted octanol–water partition coefficient (Wildman–Crippen LogP) is 3.14. The number of hydrogen-bond acceptors (Lipinski definition) is 2. The van der Waals surface area contributed by atoms with E-state index in [9.17, 15) is 0 Å². The zero-order valence-electron chi connectivity index (χ0n) is 7.11. The van der Waals surface area contributed by atoms with Gasteiger partial charge >= 0.3 is 0 Å². The lowest BCUT2D eigenvalue weighted by molar-refractivity contribution is 1.56. The van der Waals surface area contributed by atoms with Gasteiger partial charge in [-0.05, 0) is 12.2 Å². The monoisotopic (exact) mass is 224 g/mol. The van der Waals surface area contributed by atoms with Crippen LogP contribution in [0.15, 0.2) is 45.4 Å². The number of benzene rings is 1. The molecule has 0 bridgehead atoms. The molecule has 0 saturated carbocycles. The van der Waals surface area contributed by atoms with E-state index >= 15 is 0 Å². The summed E-state index contributed by atoms with van der Waals surface area (Å²) in [5, 5.41) is 0. The molecule has 0 aliphatic heterocycles. The van der Waals surface area contributed by atoms with Crippen LogP contribution in [0.4, 0.5) is 0 Å². The van der Waals surface area contributed by atoms with Crippen LogP contribution in [0.1, 0.15) is 11.1 Å². The van der Waals surface area contributed by atoms with Gasteiger partial charge in [0.2, 0.25) is 0 Å². The fourth-order valence-corrected chi connectivity index (χ4v) is 1.71. The molecule has 1 aliphatic rings. The number of nitrogens with zero attached hydrogens (tertiary/aromatic N) is 2. The van der Waals surface area contributed by atoms with Crippen LogP contribution in [0, 0.1) is 0 Å². The predicted molar refractivity (Wildman–Crippen MR) is 60.4 cm³/mol. The number of halogens is 2. The van der Waals surface area contributed by atoms with Crippen molar-refractivity contribution in [3.05, 3.63) is 47.5 Å². The Kier molecular flexibility index (Phi) is 2.66. The Labute approximate surface area is 91.8 Å². The summed E-state index contributed by atoms with van der Waals surface area (Å²) in [5.41, 5.74) is 3.35. The lowest BCUT2D eigenvalue weighted by Crippen LogP contribution is -2.11. The van der Waals surface area contributed by atoms with Crippen molar-refractivity contribution in [1.82, 2.24) is 0 Å². The second-order valence-corrected chi connectivity index (χ2v) is 3.16. The summed E-state index contributed by atoms with van der Waals surface area (Å²) in [5.74, 6) is 0. The third-order valence-electron chi connectivity index (χ3n) is 2.06. The van der Waals surface area contributed by atoms with Crippen LogP contribution in [-0.2, 0) is 0 Å². The van der Waals surface area contributed by atoms with Crippen LogP contribution >= 0.6 is 23.6 Å². The highest BCUT2D eigenvalue weighted by Gasteiger charge is 2.14. The maximum atomic E-state index is 5.46. The average Bonchev–Trinajstić information content (AvgIpc) is 2.27. The summed E-state index contributed by atoms with van der Waals surface area (Å²) in [6.07, 6.45) is 3.58. The van der Waals surface area contributed by atoms with E-state index in [1.807, 2.05) is 24.3 Å². The van der Waals surface area contributed by atoms with Crippen molar-refractivity contribution in [2.75, 3.05) is 0 Å². The quantitative estimate of drug-likeness (QED) is 0.647. The Balaban J connectivity index is 2.67. The van der Waals surface area contributed by atoms with Crippen molar-refractivity contribution in [2.24, 2.45) is 9.02 Å². The van der Waals surface area contributed by atoms with Gasteiger partial charge in [-0.25, -0.2) is 0 Å². The largest absolute Gasteiger partial charge is 0.177 e. The van der Waals surface area contributed by atoms with E-state index in [4.69, 9.17) is 23.6 Å². The zero-order valence-corrected chi connectivity index (χ0v) is 8.63.